The van der Waals surface area contributed by atoms with Crippen molar-refractivity contribution in [2.45, 2.75) is 30.5 Å². The van der Waals surface area contributed by atoms with Gasteiger partial charge in [0.05, 0.1) is 10.5 Å². The van der Waals surface area contributed by atoms with Gasteiger partial charge < -0.3 is 4.90 Å². The minimum absolute atomic E-state index is 0.0486. The van der Waals surface area contributed by atoms with Crippen LogP contribution in [0.3, 0.4) is 0 Å². The number of halogens is 3. The van der Waals surface area contributed by atoms with Crippen LogP contribution in [-0.4, -0.2) is 34.0 Å². The monoisotopic (exact) mass is 400 g/mol. The van der Waals surface area contributed by atoms with Gasteiger partial charge in [-0.15, -0.1) is 0 Å². The number of hydrogen-bond donors (Lipinski definition) is 1. The van der Waals surface area contributed by atoms with Gasteiger partial charge in [0.15, 0.2) is 0 Å². The van der Waals surface area contributed by atoms with E-state index in [9.17, 15) is 21.6 Å². The first kappa shape index (κ1) is 21.4. The third kappa shape index (κ3) is 5.31. The number of aryl methyl sites for hydroxylation is 1. The number of nitrogens with one attached hydrogen (secondary N) is 1. The van der Waals surface area contributed by atoms with Gasteiger partial charge in [-0.1, -0.05) is 43.3 Å². The van der Waals surface area contributed by atoms with Gasteiger partial charge in [-0.3, -0.25) is 0 Å². The number of sulfonamides is 1. The molecule has 27 heavy (non-hydrogen) atoms. The molecule has 0 aromatic heterocycles. The summed E-state index contributed by atoms with van der Waals surface area (Å²) >= 11 is 0. The van der Waals surface area contributed by atoms with Crippen LogP contribution < -0.4 is 4.72 Å². The molecule has 0 heterocycles. The highest BCUT2D eigenvalue weighted by atomic mass is 32.2. The van der Waals surface area contributed by atoms with Crippen molar-refractivity contribution in [1.82, 2.24) is 9.62 Å². The first-order valence-electron chi connectivity index (χ1n) is 8.47. The maximum atomic E-state index is 13.1. The van der Waals surface area contributed by atoms with Crippen LogP contribution in [-0.2, 0) is 22.6 Å². The Kier molecular flexibility index (Phi) is 6.67. The Morgan fingerprint density at radius 2 is 1.63 bits per heavy atom. The normalized spacial score (nSPS) is 13.7. The van der Waals surface area contributed by atoms with E-state index in [0.29, 0.717) is 0 Å². The summed E-state index contributed by atoms with van der Waals surface area (Å²) in [4.78, 5) is 1.05. The maximum Gasteiger partial charge on any atom is 0.417 e. The van der Waals surface area contributed by atoms with Crippen molar-refractivity contribution in [3.8, 4) is 0 Å². The van der Waals surface area contributed by atoms with Gasteiger partial charge >= 0.3 is 6.18 Å². The van der Waals surface area contributed by atoms with E-state index in [1.165, 1.54) is 12.1 Å². The van der Waals surface area contributed by atoms with Crippen molar-refractivity contribution in [2.24, 2.45) is 0 Å². The van der Waals surface area contributed by atoms with Crippen LogP contribution in [0.1, 0.15) is 29.7 Å². The molecule has 1 N–H and O–H groups in total. The lowest BCUT2D eigenvalue weighted by Crippen LogP contribution is -2.35. The Bertz CT molecular complexity index is 863. The molecule has 0 saturated heterocycles. The zero-order chi connectivity index (χ0) is 20.2. The lowest BCUT2D eigenvalue weighted by molar-refractivity contribution is -0.139. The Balaban J connectivity index is 2.26. The fourth-order valence-corrected chi connectivity index (χ4v) is 4.04. The number of alkyl halides is 3. The maximum absolute atomic E-state index is 13.1. The lowest BCUT2D eigenvalue weighted by Gasteiger charge is -2.25. The molecule has 148 valence electrons. The second kappa shape index (κ2) is 8.41. The molecule has 4 nitrogen and oxygen atoms in total. The molecule has 1 atom stereocenters. The second-order valence-electron chi connectivity index (χ2n) is 6.42. The molecule has 8 heteroatoms. The highest BCUT2D eigenvalue weighted by Crippen LogP contribution is 2.34. The Morgan fingerprint density at radius 1 is 1.04 bits per heavy atom. The van der Waals surface area contributed by atoms with E-state index in [2.05, 4.69) is 4.72 Å². The zero-order valence-electron chi connectivity index (χ0n) is 15.4. The van der Waals surface area contributed by atoms with Gasteiger partial charge in [0.1, 0.15) is 0 Å². The molecule has 0 amide bonds. The predicted octanol–water partition coefficient (Wildman–Crippen LogP) is 3.85. The van der Waals surface area contributed by atoms with Crippen molar-refractivity contribution in [1.29, 1.82) is 0 Å². The Labute approximate surface area is 158 Å². The summed E-state index contributed by atoms with van der Waals surface area (Å²) in [7, 11) is -0.744. The standard InChI is InChI=1S/C19H23F3N2O2S/c1-4-14-9-11-15(12-10-14)17(24(2)3)13-23-27(25,26)18-8-6-5-7-16(18)19(20,21)22/h5-12,17,23H,4,13H2,1-3H3. The van der Waals surface area contributed by atoms with Crippen molar-refractivity contribution in [2.75, 3.05) is 20.6 Å². The van der Waals surface area contributed by atoms with E-state index >= 15 is 0 Å². The molecule has 0 fully saturated rings. The molecule has 2 rings (SSSR count). The first-order chi connectivity index (χ1) is 12.6. The third-order valence-corrected chi connectivity index (χ3v) is 5.83. The van der Waals surface area contributed by atoms with E-state index in [4.69, 9.17) is 0 Å². The lowest BCUT2D eigenvalue weighted by atomic mass is 10.0. The van der Waals surface area contributed by atoms with Crippen molar-refractivity contribution >= 4 is 10.0 Å². The first-order valence-corrected chi connectivity index (χ1v) is 9.95. The van der Waals surface area contributed by atoms with E-state index in [0.717, 1.165) is 29.7 Å². The molecule has 0 aliphatic heterocycles. The molecule has 0 bridgehead atoms. The molecule has 0 radical (unpaired) electrons. The van der Waals surface area contributed by atoms with Crippen LogP contribution in [0, 0.1) is 0 Å². The van der Waals surface area contributed by atoms with Gasteiger partial charge in [0.25, 0.3) is 0 Å². The molecule has 0 aliphatic rings. The summed E-state index contributed by atoms with van der Waals surface area (Å²) in [5.41, 5.74) is 0.853. The van der Waals surface area contributed by atoms with Crippen LogP contribution in [0.25, 0.3) is 0 Å². The third-order valence-electron chi connectivity index (χ3n) is 4.34. The fraction of sp³-hybridized carbons (Fsp3) is 0.368. The quantitative estimate of drug-likeness (QED) is 0.768. The van der Waals surface area contributed by atoms with Crippen LogP contribution in [0.15, 0.2) is 53.4 Å². The highest BCUT2D eigenvalue weighted by Gasteiger charge is 2.37. The van der Waals surface area contributed by atoms with E-state index < -0.39 is 26.7 Å². The largest absolute Gasteiger partial charge is 0.417 e. The molecule has 0 saturated carbocycles. The molecule has 2 aromatic carbocycles. The van der Waals surface area contributed by atoms with Crippen molar-refractivity contribution in [3.63, 3.8) is 0 Å². The number of likely N-dealkylation sites (N-methyl/N-ethyl adjacent to an activating group) is 1. The summed E-state index contributed by atoms with van der Waals surface area (Å²) in [6.45, 7) is 1.98. The van der Waals surface area contributed by atoms with E-state index in [1.54, 1.807) is 14.1 Å². The molecule has 0 aliphatic carbocycles. The number of rotatable bonds is 7. The Morgan fingerprint density at radius 3 is 2.15 bits per heavy atom. The molecular weight excluding hydrogens is 377 g/mol. The van der Waals surface area contributed by atoms with Gasteiger partial charge in [0.2, 0.25) is 10.0 Å². The minimum Gasteiger partial charge on any atom is -0.301 e. The smallest absolute Gasteiger partial charge is 0.301 e. The fourth-order valence-electron chi connectivity index (χ4n) is 2.78. The van der Waals surface area contributed by atoms with Crippen molar-refractivity contribution in [3.05, 3.63) is 65.2 Å². The van der Waals surface area contributed by atoms with E-state index in [-0.39, 0.29) is 12.6 Å². The highest BCUT2D eigenvalue weighted by molar-refractivity contribution is 7.89. The number of hydrogen-bond acceptors (Lipinski definition) is 3. The Hall–Kier alpha value is -1.90. The summed E-state index contributed by atoms with van der Waals surface area (Å²) < 4.78 is 66.8. The minimum atomic E-state index is -4.75. The van der Waals surface area contributed by atoms with Crippen LogP contribution >= 0.6 is 0 Å². The summed E-state index contributed by atoms with van der Waals surface area (Å²) in [6.07, 6.45) is -3.87. The van der Waals surface area contributed by atoms with Gasteiger partial charge in [-0.25, -0.2) is 13.1 Å². The van der Waals surface area contributed by atoms with Gasteiger partial charge in [0, 0.05) is 12.6 Å². The second-order valence-corrected chi connectivity index (χ2v) is 8.16. The topological polar surface area (TPSA) is 49.4 Å². The summed E-state index contributed by atoms with van der Waals surface area (Å²) in [6, 6.07) is 11.6. The molecule has 0 spiro atoms. The van der Waals surface area contributed by atoms with Gasteiger partial charge in [-0.2, -0.15) is 13.2 Å². The molecular formula is C19H23F3N2O2S. The van der Waals surface area contributed by atoms with E-state index in [1.807, 2.05) is 36.1 Å². The predicted molar refractivity (Wildman–Crippen MR) is 98.9 cm³/mol. The summed E-state index contributed by atoms with van der Waals surface area (Å²) in [5.74, 6) is 0. The average Bonchev–Trinajstić information content (AvgIpc) is 2.61. The zero-order valence-corrected chi connectivity index (χ0v) is 16.2. The van der Waals surface area contributed by atoms with Gasteiger partial charge in [-0.05, 0) is 43.8 Å². The molecule has 2 aromatic rings. The number of nitrogens with zero attached hydrogens (tertiary/aromatic N) is 1. The molecule has 1 unspecified atom stereocenters. The van der Waals surface area contributed by atoms with Crippen LogP contribution in [0.4, 0.5) is 13.2 Å². The van der Waals surface area contributed by atoms with Crippen LogP contribution in [0.2, 0.25) is 0 Å². The summed E-state index contributed by atoms with van der Waals surface area (Å²) in [5, 5.41) is 0. The van der Waals surface area contributed by atoms with Crippen LogP contribution in [0.5, 0.6) is 0 Å². The van der Waals surface area contributed by atoms with Crippen molar-refractivity contribution < 1.29 is 21.6 Å². The SMILES string of the molecule is CCc1ccc(C(CNS(=O)(=O)c2ccccc2C(F)(F)F)N(C)C)cc1. The average molecular weight is 400 g/mol. The number of benzene rings is 2.